The summed E-state index contributed by atoms with van der Waals surface area (Å²) in [6, 6.07) is 0. The minimum Gasteiger partial charge on any atom is -0.485 e. The molecule has 0 atom stereocenters. The molecule has 0 aromatic carbocycles. The first kappa shape index (κ1) is 9.99. The second-order valence-corrected chi connectivity index (χ2v) is 1.76. The van der Waals surface area contributed by atoms with E-state index >= 15 is 0 Å². The van der Waals surface area contributed by atoms with Gasteiger partial charge in [-0.15, -0.1) is 0 Å². The van der Waals surface area contributed by atoms with Crippen LogP contribution >= 0.6 is 0 Å². The fourth-order valence-corrected chi connectivity index (χ4v) is 0.194. The molecule has 0 spiro atoms. The van der Waals surface area contributed by atoms with Crippen LogP contribution in [-0.2, 0) is 4.74 Å². The molecule has 7 heteroatoms. The molecular formula is C4H3F4O3-. The predicted molar refractivity (Wildman–Crippen MR) is 22.0 cm³/mol. The molecule has 0 saturated carbocycles. The van der Waals surface area contributed by atoms with Gasteiger partial charge in [0.15, 0.2) is 0 Å². The fourth-order valence-electron chi connectivity index (χ4n) is 0.194. The molecule has 0 aliphatic rings. The van der Waals surface area contributed by atoms with Gasteiger partial charge >= 0.3 is 12.0 Å². The first-order valence-electron chi connectivity index (χ1n) is 2.32. The number of ether oxygens (including phenoxy) is 1. The van der Waals surface area contributed by atoms with Gasteiger partial charge in [-0.05, 0) is 0 Å². The van der Waals surface area contributed by atoms with Crippen molar-refractivity contribution >= 4 is 6.16 Å². The van der Waals surface area contributed by atoms with Crippen LogP contribution in [0.15, 0.2) is 0 Å². The Balaban J connectivity index is 4.34. The van der Waals surface area contributed by atoms with Gasteiger partial charge in [0, 0.05) is 6.92 Å². The van der Waals surface area contributed by atoms with Gasteiger partial charge < -0.3 is 14.6 Å². The number of carbonyl (C=O) groups is 1. The van der Waals surface area contributed by atoms with Crippen LogP contribution in [-0.4, -0.2) is 18.2 Å². The zero-order chi connectivity index (χ0) is 9.28. The molecule has 0 bridgehead atoms. The summed E-state index contributed by atoms with van der Waals surface area (Å²) in [6.07, 6.45) is -7.73. The van der Waals surface area contributed by atoms with Crippen molar-refractivity contribution in [2.24, 2.45) is 0 Å². The average Bonchev–Trinajstić information content (AvgIpc) is 1.56. The maximum absolute atomic E-state index is 11.8. The lowest BCUT2D eigenvalue weighted by Gasteiger charge is -2.26. The molecule has 0 radical (unpaired) electrons. The minimum atomic E-state index is -5.04. The summed E-state index contributed by atoms with van der Waals surface area (Å²) in [5, 5.41) is 9.31. The quantitative estimate of drug-likeness (QED) is 0.456. The standard InChI is InChI=1S/C4H4F4O3/c1-3(5,6)4(7,8)11-2(9)10/h1H3,(H,9,10)/p-1. The zero-order valence-electron chi connectivity index (χ0n) is 5.24. The van der Waals surface area contributed by atoms with E-state index in [9.17, 15) is 27.5 Å². The Hall–Kier alpha value is -1.01. The van der Waals surface area contributed by atoms with E-state index in [1.807, 2.05) is 0 Å². The van der Waals surface area contributed by atoms with Crippen LogP contribution in [0.5, 0.6) is 0 Å². The third-order valence-corrected chi connectivity index (χ3v) is 0.723. The molecule has 0 heterocycles. The molecule has 0 aromatic heterocycles. The highest BCUT2D eigenvalue weighted by molar-refractivity contribution is 5.54. The Morgan fingerprint density at radius 3 is 1.82 bits per heavy atom. The van der Waals surface area contributed by atoms with E-state index in [0.717, 1.165) is 0 Å². The Kier molecular flexibility index (Phi) is 2.32. The third kappa shape index (κ3) is 2.60. The first-order chi connectivity index (χ1) is 4.67. The van der Waals surface area contributed by atoms with Gasteiger partial charge in [0.25, 0.3) is 6.16 Å². The Morgan fingerprint density at radius 1 is 1.36 bits per heavy atom. The number of hydrogen-bond acceptors (Lipinski definition) is 3. The van der Waals surface area contributed by atoms with Crippen LogP contribution in [0, 0.1) is 0 Å². The molecular weight excluding hydrogens is 172 g/mol. The Bertz CT molecular complexity index is 161. The molecule has 0 amide bonds. The number of rotatable bonds is 2. The maximum Gasteiger partial charge on any atom is 0.402 e. The van der Waals surface area contributed by atoms with Crippen molar-refractivity contribution in [3.05, 3.63) is 0 Å². The molecule has 0 aliphatic heterocycles. The molecule has 0 fully saturated rings. The molecule has 0 aliphatic carbocycles. The van der Waals surface area contributed by atoms with Gasteiger partial charge in [-0.25, -0.2) is 0 Å². The number of hydrogen-bond donors (Lipinski definition) is 0. The van der Waals surface area contributed by atoms with Crippen LogP contribution in [0.2, 0.25) is 0 Å². The Labute approximate surface area is 58.6 Å². The lowest BCUT2D eigenvalue weighted by molar-refractivity contribution is -0.370. The van der Waals surface area contributed by atoms with Gasteiger partial charge in [0.05, 0.1) is 0 Å². The van der Waals surface area contributed by atoms with Crippen LogP contribution in [0.4, 0.5) is 22.4 Å². The van der Waals surface area contributed by atoms with E-state index in [2.05, 4.69) is 4.74 Å². The van der Waals surface area contributed by atoms with E-state index in [0.29, 0.717) is 0 Å². The van der Waals surface area contributed by atoms with E-state index in [-0.39, 0.29) is 6.92 Å². The highest BCUT2D eigenvalue weighted by Gasteiger charge is 2.52. The molecule has 11 heavy (non-hydrogen) atoms. The maximum atomic E-state index is 11.8. The lowest BCUT2D eigenvalue weighted by atomic mass is 10.4. The number of carbonyl (C=O) groups excluding carboxylic acids is 1. The molecule has 0 saturated heterocycles. The molecule has 3 nitrogen and oxygen atoms in total. The fraction of sp³-hybridized carbons (Fsp3) is 0.750. The van der Waals surface area contributed by atoms with Crippen molar-refractivity contribution in [3.8, 4) is 0 Å². The van der Waals surface area contributed by atoms with E-state index in [1.165, 1.54) is 0 Å². The van der Waals surface area contributed by atoms with E-state index < -0.39 is 18.2 Å². The summed E-state index contributed by atoms with van der Waals surface area (Å²) < 4.78 is 49.5. The van der Waals surface area contributed by atoms with Crippen LogP contribution in [0.25, 0.3) is 0 Å². The first-order valence-corrected chi connectivity index (χ1v) is 2.32. The Morgan fingerprint density at radius 2 is 1.73 bits per heavy atom. The smallest absolute Gasteiger partial charge is 0.402 e. The van der Waals surface area contributed by atoms with Gasteiger partial charge in [-0.2, -0.15) is 17.6 Å². The summed E-state index contributed by atoms with van der Waals surface area (Å²) in [5.74, 6) is -4.55. The number of halogens is 4. The average molecular weight is 175 g/mol. The third-order valence-electron chi connectivity index (χ3n) is 0.723. The number of alkyl halides is 4. The molecule has 0 aromatic rings. The highest BCUT2D eigenvalue weighted by Crippen LogP contribution is 2.34. The minimum absolute atomic E-state index is 0.171. The summed E-state index contributed by atoms with van der Waals surface area (Å²) >= 11 is 0. The topological polar surface area (TPSA) is 49.4 Å². The largest absolute Gasteiger partial charge is 0.485 e. The van der Waals surface area contributed by atoms with Gasteiger partial charge in [-0.3, -0.25) is 0 Å². The zero-order valence-corrected chi connectivity index (χ0v) is 5.24. The summed E-state index contributed by atoms with van der Waals surface area (Å²) in [4.78, 5) is 9.31. The van der Waals surface area contributed by atoms with E-state index in [4.69, 9.17) is 0 Å². The second kappa shape index (κ2) is 2.55. The SMILES string of the molecule is CC(F)(F)C(F)(F)OC(=O)[O-]. The lowest BCUT2D eigenvalue weighted by Crippen LogP contribution is -2.44. The normalized spacial score (nSPS) is 12.8. The molecule has 0 unspecified atom stereocenters. The molecule has 0 rings (SSSR count). The monoisotopic (exact) mass is 175 g/mol. The van der Waals surface area contributed by atoms with Crippen molar-refractivity contribution < 1.29 is 32.2 Å². The van der Waals surface area contributed by atoms with Crippen molar-refractivity contribution in [2.75, 3.05) is 0 Å². The molecule has 66 valence electrons. The summed E-state index contributed by atoms with van der Waals surface area (Å²) in [6.45, 7) is -0.171. The van der Waals surface area contributed by atoms with Gasteiger partial charge in [-0.1, -0.05) is 0 Å². The molecule has 0 N–H and O–H groups in total. The van der Waals surface area contributed by atoms with Crippen molar-refractivity contribution in [1.82, 2.24) is 0 Å². The van der Waals surface area contributed by atoms with Crippen molar-refractivity contribution in [2.45, 2.75) is 19.0 Å². The predicted octanol–water partition coefficient (Wildman–Crippen LogP) is 0.594. The second-order valence-electron chi connectivity index (χ2n) is 1.76. The van der Waals surface area contributed by atoms with Gasteiger partial charge in [0.1, 0.15) is 0 Å². The van der Waals surface area contributed by atoms with Crippen molar-refractivity contribution in [1.29, 1.82) is 0 Å². The highest BCUT2D eigenvalue weighted by atomic mass is 19.3. The van der Waals surface area contributed by atoms with Crippen LogP contribution < -0.4 is 5.11 Å². The van der Waals surface area contributed by atoms with Crippen LogP contribution in [0.1, 0.15) is 6.92 Å². The van der Waals surface area contributed by atoms with E-state index in [1.54, 1.807) is 0 Å². The summed E-state index contributed by atoms with van der Waals surface area (Å²) in [7, 11) is 0. The summed E-state index contributed by atoms with van der Waals surface area (Å²) in [5.41, 5.74) is 0. The van der Waals surface area contributed by atoms with Crippen LogP contribution in [0.3, 0.4) is 0 Å². The van der Waals surface area contributed by atoms with Gasteiger partial charge in [0.2, 0.25) is 0 Å². The number of carboxylic acid groups (broad SMARTS) is 1. The van der Waals surface area contributed by atoms with Crippen molar-refractivity contribution in [3.63, 3.8) is 0 Å².